The normalized spacial score (nSPS) is 11.1. The SMILES string of the molecule is CCCCCCCCCCc1ccc2c(N)c(N)ccc2c1. The molecule has 2 aromatic carbocycles. The van der Waals surface area contributed by atoms with Gasteiger partial charge >= 0.3 is 0 Å². The Bertz CT molecular complexity index is 590. The van der Waals surface area contributed by atoms with Crippen LogP contribution in [0.5, 0.6) is 0 Å². The van der Waals surface area contributed by atoms with Crippen LogP contribution >= 0.6 is 0 Å². The van der Waals surface area contributed by atoms with E-state index in [1.165, 1.54) is 62.3 Å². The van der Waals surface area contributed by atoms with E-state index in [9.17, 15) is 0 Å². The van der Waals surface area contributed by atoms with Gasteiger partial charge < -0.3 is 11.5 Å². The van der Waals surface area contributed by atoms with Gasteiger partial charge in [-0.15, -0.1) is 0 Å². The van der Waals surface area contributed by atoms with Gasteiger partial charge in [0.05, 0.1) is 11.4 Å². The molecule has 0 radical (unpaired) electrons. The molecule has 0 atom stereocenters. The quantitative estimate of drug-likeness (QED) is 0.461. The van der Waals surface area contributed by atoms with E-state index in [1.54, 1.807) is 0 Å². The lowest BCUT2D eigenvalue weighted by molar-refractivity contribution is 0.575. The number of fused-ring (bicyclic) bond motifs is 1. The third-order valence-electron chi connectivity index (χ3n) is 4.48. The molecule has 0 heterocycles. The largest absolute Gasteiger partial charge is 0.397 e. The van der Waals surface area contributed by atoms with Crippen LogP contribution in [0.1, 0.15) is 63.9 Å². The number of anilines is 2. The Morgan fingerprint density at radius 2 is 1.45 bits per heavy atom. The molecule has 2 nitrogen and oxygen atoms in total. The first-order valence-electron chi connectivity index (χ1n) is 8.79. The zero-order valence-corrected chi connectivity index (χ0v) is 13.9. The number of benzene rings is 2. The molecule has 22 heavy (non-hydrogen) atoms. The molecule has 0 saturated heterocycles. The molecule has 0 bridgehead atoms. The molecule has 0 unspecified atom stereocenters. The highest BCUT2D eigenvalue weighted by Crippen LogP contribution is 2.27. The predicted molar refractivity (Wildman–Crippen MR) is 99.1 cm³/mol. The Hall–Kier alpha value is -1.70. The molecule has 0 saturated carbocycles. The van der Waals surface area contributed by atoms with Gasteiger partial charge in [-0.2, -0.15) is 0 Å². The standard InChI is InChI=1S/C20H30N2/c1-2-3-4-5-6-7-8-9-10-16-11-13-18-17(15-16)12-14-19(21)20(18)22/h11-15H,2-10,21-22H2,1H3. The second-order valence-corrected chi connectivity index (χ2v) is 6.35. The summed E-state index contributed by atoms with van der Waals surface area (Å²) in [4.78, 5) is 0. The maximum atomic E-state index is 6.03. The summed E-state index contributed by atoms with van der Waals surface area (Å²) in [6, 6.07) is 10.5. The first kappa shape index (κ1) is 16.7. The van der Waals surface area contributed by atoms with Gasteiger partial charge in [0, 0.05) is 5.39 Å². The molecular weight excluding hydrogens is 268 g/mol. The monoisotopic (exact) mass is 298 g/mol. The number of unbranched alkanes of at least 4 members (excludes halogenated alkanes) is 7. The van der Waals surface area contributed by atoms with Gasteiger partial charge in [-0.3, -0.25) is 0 Å². The van der Waals surface area contributed by atoms with Crippen LogP contribution in [-0.2, 0) is 6.42 Å². The first-order valence-corrected chi connectivity index (χ1v) is 8.79. The van der Waals surface area contributed by atoms with Crippen LogP contribution in [0, 0.1) is 0 Å². The molecule has 2 aromatic rings. The van der Waals surface area contributed by atoms with Crippen molar-refractivity contribution >= 4 is 22.1 Å². The number of rotatable bonds is 9. The van der Waals surface area contributed by atoms with Gasteiger partial charge in [-0.25, -0.2) is 0 Å². The van der Waals surface area contributed by atoms with Crippen LogP contribution in [0.25, 0.3) is 10.8 Å². The van der Waals surface area contributed by atoms with Crippen LogP contribution in [0.3, 0.4) is 0 Å². The molecule has 0 aliphatic heterocycles. The second-order valence-electron chi connectivity index (χ2n) is 6.35. The van der Waals surface area contributed by atoms with Crippen molar-refractivity contribution in [1.29, 1.82) is 0 Å². The van der Waals surface area contributed by atoms with Crippen molar-refractivity contribution in [2.45, 2.75) is 64.7 Å². The molecule has 2 heteroatoms. The van der Waals surface area contributed by atoms with Gasteiger partial charge in [-0.1, -0.05) is 76.1 Å². The number of nitrogen functional groups attached to an aromatic ring is 2. The van der Waals surface area contributed by atoms with Gasteiger partial charge in [0.25, 0.3) is 0 Å². The maximum absolute atomic E-state index is 6.03. The third kappa shape index (κ3) is 4.66. The van der Waals surface area contributed by atoms with Crippen LogP contribution in [-0.4, -0.2) is 0 Å². The summed E-state index contributed by atoms with van der Waals surface area (Å²) in [5.41, 5.74) is 14.7. The zero-order valence-electron chi connectivity index (χ0n) is 13.9. The topological polar surface area (TPSA) is 52.0 Å². The summed E-state index contributed by atoms with van der Waals surface area (Å²) in [6.45, 7) is 2.27. The zero-order chi connectivity index (χ0) is 15.8. The number of nitrogens with two attached hydrogens (primary N) is 2. The molecule has 0 spiro atoms. The van der Waals surface area contributed by atoms with Crippen molar-refractivity contribution < 1.29 is 0 Å². The van der Waals surface area contributed by atoms with Crippen LogP contribution < -0.4 is 11.5 Å². The van der Waals surface area contributed by atoms with Crippen molar-refractivity contribution in [3.8, 4) is 0 Å². The van der Waals surface area contributed by atoms with E-state index >= 15 is 0 Å². The lowest BCUT2D eigenvalue weighted by atomic mass is 10.0. The van der Waals surface area contributed by atoms with Crippen molar-refractivity contribution in [2.24, 2.45) is 0 Å². The van der Waals surface area contributed by atoms with Gasteiger partial charge in [-0.05, 0) is 29.9 Å². The minimum Gasteiger partial charge on any atom is -0.397 e. The van der Waals surface area contributed by atoms with Gasteiger partial charge in [0.1, 0.15) is 0 Å². The molecule has 2 rings (SSSR count). The summed E-state index contributed by atoms with van der Waals surface area (Å²) in [5.74, 6) is 0. The highest BCUT2D eigenvalue weighted by atomic mass is 14.7. The molecule has 0 fully saturated rings. The molecule has 120 valence electrons. The highest BCUT2D eigenvalue weighted by molar-refractivity contribution is 5.98. The summed E-state index contributed by atoms with van der Waals surface area (Å²) >= 11 is 0. The predicted octanol–water partition coefficient (Wildman–Crippen LogP) is 5.69. The lowest BCUT2D eigenvalue weighted by Gasteiger charge is -2.08. The second kappa shape index (κ2) is 8.67. The minimum atomic E-state index is 0.670. The summed E-state index contributed by atoms with van der Waals surface area (Å²) in [6.07, 6.45) is 12.1. The first-order chi connectivity index (χ1) is 10.7. The van der Waals surface area contributed by atoms with Crippen molar-refractivity contribution in [2.75, 3.05) is 11.5 Å². The number of hydrogen-bond donors (Lipinski definition) is 2. The Morgan fingerprint density at radius 1 is 0.773 bits per heavy atom. The van der Waals surface area contributed by atoms with Crippen molar-refractivity contribution in [3.05, 3.63) is 35.9 Å². The van der Waals surface area contributed by atoms with Crippen LogP contribution in [0.4, 0.5) is 11.4 Å². The number of hydrogen-bond acceptors (Lipinski definition) is 2. The van der Waals surface area contributed by atoms with E-state index < -0.39 is 0 Å². The minimum absolute atomic E-state index is 0.670. The fourth-order valence-corrected chi connectivity index (χ4v) is 3.04. The molecule has 0 aliphatic rings. The molecule has 0 aromatic heterocycles. The van der Waals surface area contributed by atoms with E-state index in [1.807, 2.05) is 6.07 Å². The highest BCUT2D eigenvalue weighted by Gasteiger charge is 2.03. The Labute approximate surface area is 134 Å². The smallest absolute Gasteiger partial charge is 0.0627 e. The van der Waals surface area contributed by atoms with E-state index in [-0.39, 0.29) is 0 Å². The summed E-state index contributed by atoms with van der Waals surface area (Å²) in [5, 5.41) is 2.27. The van der Waals surface area contributed by atoms with Crippen LogP contribution in [0.15, 0.2) is 30.3 Å². The fourth-order valence-electron chi connectivity index (χ4n) is 3.04. The Kier molecular flexibility index (Phi) is 6.57. The van der Waals surface area contributed by atoms with E-state index in [4.69, 9.17) is 11.5 Å². The lowest BCUT2D eigenvalue weighted by Crippen LogP contribution is -1.95. The Balaban J connectivity index is 1.77. The van der Waals surface area contributed by atoms with E-state index in [0.29, 0.717) is 11.4 Å². The van der Waals surface area contributed by atoms with E-state index in [0.717, 1.165) is 11.8 Å². The average Bonchev–Trinajstić information content (AvgIpc) is 2.53. The molecule has 0 aliphatic carbocycles. The van der Waals surface area contributed by atoms with Crippen molar-refractivity contribution in [3.63, 3.8) is 0 Å². The van der Waals surface area contributed by atoms with Gasteiger partial charge in [0.2, 0.25) is 0 Å². The Morgan fingerprint density at radius 3 is 2.18 bits per heavy atom. The third-order valence-corrected chi connectivity index (χ3v) is 4.48. The van der Waals surface area contributed by atoms with Crippen LogP contribution in [0.2, 0.25) is 0 Å². The summed E-state index contributed by atoms with van der Waals surface area (Å²) < 4.78 is 0. The fraction of sp³-hybridized carbons (Fsp3) is 0.500. The molecule has 0 amide bonds. The molecule has 4 N–H and O–H groups in total. The van der Waals surface area contributed by atoms with Gasteiger partial charge in [0.15, 0.2) is 0 Å². The molecular formula is C20H30N2. The average molecular weight is 298 g/mol. The van der Waals surface area contributed by atoms with E-state index in [2.05, 4.69) is 31.2 Å². The van der Waals surface area contributed by atoms with Crippen molar-refractivity contribution in [1.82, 2.24) is 0 Å². The maximum Gasteiger partial charge on any atom is 0.0627 e. The number of aryl methyl sites for hydroxylation is 1. The summed E-state index contributed by atoms with van der Waals surface area (Å²) in [7, 11) is 0.